The van der Waals surface area contributed by atoms with Crippen LogP contribution in [0.1, 0.15) is 25.3 Å². The summed E-state index contributed by atoms with van der Waals surface area (Å²) < 4.78 is 5.83. The van der Waals surface area contributed by atoms with Crippen molar-refractivity contribution in [1.29, 1.82) is 0 Å². The van der Waals surface area contributed by atoms with Crippen LogP contribution in [0.25, 0.3) is 11.1 Å². The summed E-state index contributed by atoms with van der Waals surface area (Å²) in [7, 11) is 0. The lowest BCUT2D eigenvalue weighted by Gasteiger charge is -2.35. The average molecular weight is 353 g/mol. The summed E-state index contributed by atoms with van der Waals surface area (Å²) in [5.74, 6) is 0.0553. The Morgan fingerprint density at radius 1 is 1.33 bits per heavy atom. The molecule has 1 aromatic carbocycles. The fourth-order valence-electron chi connectivity index (χ4n) is 2.95. The van der Waals surface area contributed by atoms with E-state index in [0.29, 0.717) is 19.1 Å². The summed E-state index contributed by atoms with van der Waals surface area (Å²) in [6.45, 7) is 6.84. The van der Waals surface area contributed by atoms with Crippen LogP contribution in [0.2, 0.25) is 0 Å². The summed E-state index contributed by atoms with van der Waals surface area (Å²) in [4.78, 5) is 20.8. The van der Waals surface area contributed by atoms with E-state index in [9.17, 15) is 4.79 Å². The predicted molar refractivity (Wildman–Crippen MR) is 97.7 cm³/mol. The SMILES string of the molecule is CCCC(N)C(=O)N1CCN(c2nc3cc(C)ccc3o2)CC1.Cl. The Hall–Kier alpha value is -1.79. The van der Waals surface area contributed by atoms with Gasteiger partial charge in [0.2, 0.25) is 5.91 Å². The molecular weight excluding hydrogens is 328 g/mol. The van der Waals surface area contributed by atoms with Gasteiger partial charge in [0.1, 0.15) is 5.52 Å². The van der Waals surface area contributed by atoms with Gasteiger partial charge in [-0.1, -0.05) is 19.4 Å². The predicted octanol–water partition coefficient (Wildman–Crippen LogP) is 2.33. The van der Waals surface area contributed by atoms with Gasteiger partial charge in [0.25, 0.3) is 6.01 Å². The van der Waals surface area contributed by atoms with Crippen molar-refractivity contribution in [3.8, 4) is 0 Å². The third kappa shape index (κ3) is 3.82. The fourth-order valence-corrected chi connectivity index (χ4v) is 2.95. The lowest BCUT2D eigenvalue weighted by atomic mass is 10.1. The molecule has 1 unspecified atom stereocenters. The number of piperazine rings is 1. The number of anilines is 1. The molecule has 1 aliphatic heterocycles. The second-order valence-electron chi connectivity index (χ2n) is 6.18. The van der Waals surface area contributed by atoms with E-state index in [1.807, 2.05) is 36.9 Å². The van der Waals surface area contributed by atoms with Crippen LogP contribution in [0.15, 0.2) is 22.6 Å². The highest BCUT2D eigenvalue weighted by molar-refractivity contribution is 5.85. The van der Waals surface area contributed by atoms with E-state index >= 15 is 0 Å². The fraction of sp³-hybridized carbons (Fsp3) is 0.529. The minimum atomic E-state index is -0.376. The Bertz CT molecular complexity index is 695. The minimum Gasteiger partial charge on any atom is -0.423 e. The molecule has 1 amide bonds. The molecule has 3 rings (SSSR count). The van der Waals surface area contributed by atoms with Gasteiger partial charge in [-0.3, -0.25) is 4.79 Å². The molecule has 2 heterocycles. The number of hydrogen-bond donors (Lipinski definition) is 1. The molecule has 1 atom stereocenters. The number of carbonyl (C=O) groups is 1. The van der Waals surface area contributed by atoms with Gasteiger partial charge in [0, 0.05) is 26.2 Å². The molecule has 0 spiro atoms. The summed E-state index contributed by atoms with van der Waals surface area (Å²) in [6.07, 6.45) is 1.67. The molecule has 0 radical (unpaired) electrons. The van der Waals surface area contributed by atoms with Crippen LogP contribution in [0.4, 0.5) is 6.01 Å². The highest BCUT2D eigenvalue weighted by Gasteiger charge is 2.26. The normalized spacial score (nSPS) is 16.1. The zero-order chi connectivity index (χ0) is 16.4. The highest BCUT2D eigenvalue weighted by atomic mass is 35.5. The van der Waals surface area contributed by atoms with Crippen molar-refractivity contribution in [2.24, 2.45) is 5.73 Å². The van der Waals surface area contributed by atoms with Gasteiger partial charge in [0.15, 0.2) is 5.58 Å². The summed E-state index contributed by atoms with van der Waals surface area (Å²) in [5.41, 5.74) is 8.78. The number of benzene rings is 1. The maximum Gasteiger partial charge on any atom is 0.298 e. The quantitative estimate of drug-likeness (QED) is 0.914. The summed E-state index contributed by atoms with van der Waals surface area (Å²) in [6, 6.07) is 6.24. The number of hydrogen-bond acceptors (Lipinski definition) is 5. The Kier molecular flexibility index (Phi) is 6.07. The summed E-state index contributed by atoms with van der Waals surface area (Å²) >= 11 is 0. The zero-order valence-electron chi connectivity index (χ0n) is 14.2. The maximum absolute atomic E-state index is 12.3. The Morgan fingerprint density at radius 2 is 2.04 bits per heavy atom. The van der Waals surface area contributed by atoms with E-state index in [4.69, 9.17) is 10.2 Å². The van der Waals surface area contributed by atoms with Crippen molar-refractivity contribution in [3.63, 3.8) is 0 Å². The molecule has 2 N–H and O–H groups in total. The molecule has 0 saturated carbocycles. The Labute approximate surface area is 148 Å². The number of oxazole rings is 1. The molecule has 132 valence electrons. The van der Waals surface area contributed by atoms with E-state index in [1.54, 1.807) is 0 Å². The number of nitrogens with zero attached hydrogens (tertiary/aromatic N) is 3. The second kappa shape index (κ2) is 7.85. The van der Waals surface area contributed by atoms with E-state index in [-0.39, 0.29) is 24.4 Å². The second-order valence-corrected chi connectivity index (χ2v) is 6.18. The van der Waals surface area contributed by atoms with Crippen LogP contribution in [-0.2, 0) is 4.79 Å². The number of halogens is 1. The van der Waals surface area contributed by atoms with E-state index in [1.165, 1.54) is 0 Å². The maximum atomic E-state index is 12.3. The van der Waals surface area contributed by atoms with Gasteiger partial charge in [0.05, 0.1) is 6.04 Å². The number of carbonyl (C=O) groups excluding carboxylic acids is 1. The van der Waals surface area contributed by atoms with Crippen molar-refractivity contribution in [2.45, 2.75) is 32.7 Å². The molecular formula is C17H25ClN4O2. The van der Waals surface area contributed by atoms with Crippen LogP contribution in [0.5, 0.6) is 0 Å². The average Bonchev–Trinajstić information content (AvgIpc) is 2.97. The molecule has 1 saturated heterocycles. The van der Waals surface area contributed by atoms with Gasteiger partial charge in [-0.15, -0.1) is 12.4 Å². The zero-order valence-corrected chi connectivity index (χ0v) is 15.0. The van der Waals surface area contributed by atoms with Crippen molar-refractivity contribution in [1.82, 2.24) is 9.88 Å². The lowest BCUT2D eigenvalue weighted by molar-refractivity contribution is -0.133. The van der Waals surface area contributed by atoms with E-state index in [2.05, 4.69) is 9.88 Å². The van der Waals surface area contributed by atoms with Gasteiger partial charge in [-0.2, -0.15) is 4.98 Å². The molecule has 1 fully saturated rings. The third-order valence-electron chi connectivity index (χ3n) is 4.31. The first-order chi connectivity index (χ1) is 11.1. The van der Waals surface area contributed by atoms with E-state index in [0.717, 1.165) is 42.6 Å². The first kappa shape index (κ1) is 18.5. The molecule has 7 heteroatoms. The topological polar surface area (TPSA) is 75.6 Å². The van der Waals surface area contributed by atoms with Crippen LogP contribution in [-0.4, -0.2) is 48.0 Å². The minimum absolute atomic E-state index is 0. The number of fused-ring (bicyclic) bond motifs is 1. The van der Waals surface area contributed by atoms with E-state index < -0.39 is 0 Å². The Morgan fingerprint density at radius 3 is 2.71 bits per heavy atom. The van der Waals surface area contributed by atoms with Crippen LogP contribution >= 0.6 is 12.4 Å². The lowest BCUT2D eigenvalue weighted by Crippen LogP contribution is -2.53. The van der Waals surface area contributed by atoms with Crippen molar-refractivity contribution < 1.29 is 9.21 Å². The number of nitrogens with two attached hydrogens (primary N) is 1. The number of amides is 1. The van der Waals surface area contributed by atoms with Crippen molar-refractivity contribution in [2.75, 3.05) is 31.1 Å². The number of aryl methyl sites for hydroxylation is 1. The molecule has 6 nitrogen and oxygen atoms in total. The number of aromatic nitrogens is 1. The first-order valence-corrected chi connectivity index (χ1v) is 8.25. The first-order valence-electron chi connectivity index (χ1n) is 8.25. The van der Waals surface area contributed by atoms with Crippen LogP contribution in [0.3, 0.4) is 0 Å². The Balaban J connectivity index is 0.00000208. The van der Waals surface area contributed by atoms with Crippen molar-refractivity contribution >= 4 is 35.4 Å². The molecule has 2 aromatic rings. The number of rotatable bonds is 4. The molecule has 1 aliphatic rings. The molecule has 0 bridgehead atoms. The van der Waals surface area contributed by atoms with Gasteiger partial charge in [-0.25, -0.2) is 0 Å². The monoisotopic (exact) mass is 352 g/mol. The summed E-state index contributed by atoms with van der Waals surface area (Å²) in [5, 5.41) is 0. The van der Waals surface area contributed by atoms with Crippen LogP contribution in [0, 0.1) is 6.92 Å². The smallest absolute Gasteiger partial charge is 0.298 e. The van der Waals surface area contributed by atoms with Gasteiger partial charge >= 0.3 is 0 Å². The highest BCUT2D eigenvalue weighted by Crippen LogP contribution is 2.23. The van der Waals surface area contributed by atoms with Crippen LogP contribution < -0.4 is 10.6 Å². The standard InChI is InChI=1S/C17H24N4O2.ClH/c1-3-4-13(18)16(22)20-7-9-21(10-8-20)17-19-14-11-12(2)5-6-15(14)23-17;/h5-6,11,13H,3-4,7-10,18H2,1-2H3;1H. The van der Waals surface area contributed by atoms with Gasteiger partial charge < -0.3 is 20.0 Å². The van der Waals surface area contributed by atoms with Gasteiger partial charge in [-0.05, 0) is 31.0 Å². The third-order valence-corrected chi connectivity index (χ3v) is 4.31. The molecule has 1 aromatic heterocycles. The molecule has 0 aliphatic carbocycles. The van der Waals surface area contributed by atoms with Crippen molar-refractivity contribution in [3.05, 3.63) is 23.8 Å². The molecule has 24 heavy (non-hydrogen) atoms. The largest absolute Gasteiger partial charge is 0.423 e.